The van der Waals surface area contributed by atoms with Crippen LogP contribution in [0.25, 0.3) is 22.0 Å². The molecule has 5 aromatic rings. The van der Waals surface area contributed by atoms with Gasteiger partial charge in [0.15, 0.2) is 0 Å². The average Bonchev–Trinajstić information content (AvgIpc) is 3.30. The van der Waals surface area contributed by atoms with Gasteiger partial charge in [0.25, 0.3) is 5.91 Å². The lowest BCUT2D eigenvalue weighted by Gasteiger charge is -2.08. The van der Waals surface area contributed by atoms with Crippen molar-refractivity contribution in [2.75, 3.05) is 0 Å². The quantitative estimate of drug-likeness (QED) is 0.101. The van der Waals surface area contributed by atoms with E-state index in [1.807, 2.05) is 43.3 Å². The first kappa shape index (κ1) is 25.3. The number of halogens is 2. The van der Waals surface area contributed by atoms with E-state index in [1.54, 1.807) is 54.6 Å². The first-order chi connectivity index (χ1) is 18.4. The van der Waals surface area contributed by atoms with E-state index in [0.29, 0.717) is 38.0 Å². The summed E-state index contributed by atoms with van der Waals surface area (Å²) in [7, 11) is 0. The maximum Gasteiger partial charge on any atom is 0.343 e. The highest BCUT2D eigenvalue weighted by atomic mass is 35.5. The molecule has 0 aliphatic carbocycles. The molecule has 2 N–H and O–H groups in total. The molecule has 1 heterocycles. The number of aromatic nitrogens is 1. The number of nitrogens with one attached hydrogen (secondary N) is 2. The number of esters is 1. The molecule has 0 spiro atoms. The van der Waals surface area contributed by atoms with Crippen molar-refractivity contribution in [3.8, 4) is 16.9 Å². The topological polar surface area (TPSA) is 83.5 Å². The van der Waals surface area contributed by atoms with Gasteiger partial charge in [-0.3, -0.25) is 4.79 Å². The molecule has 8 heteroatoms. The van der Waals surface area contributed by atoms with Crippen molar-refractivity contribution in [1.29, 1.82) is 0 Å². The SMILES string of the molecule is Cc1cccc(C(=O)Oc2ccccc2C=NNC(=O)c2[nH]c3c(Cl)cc(Cl)cc3c2-c2ccccc2)c1. The molecule has 0 radical (unpaired) electrons. The van der Waals surface area contributed by atoms with E-state index >= 15 is 0 Å². The molecule has 1 aromatic heterocycles. The van der Waals surface area contributed by atoms with Crippen LogP contribution in [0.1, 0.15) is 32.0 Å². The van der Waals surface area contributed by atoms with Crippen LogP contribution in [0.5, 0.6) is 5.75 Å². The Balaban J connectivity index is 1.41. The number of ether oxygens (including phenoxy) is 1. The molecule has 0 saturated heterocycles. The lowest BCUT2D eigenvalue weighted by molar-refractivity contribution is 0.0734. The molecule has 0 bridgehead atoms. The molecule has 0 unspecified atom stereocenters. The van der Waals surface area contributed by atoms with Gasteiger partial charge in [0, 0.05) is 21.5 Å². The largest absolute Gasteiger partial charge is 0.422 e. The van der Waals surface area contributed by atoms with Gasteiger partial charge >= 0.3 is 5.97 Å². The molecule has 0 aliphatic heterocycles. The first-order valence-electron chi connectivity index (χ1n) is 11.7. The van der Waals surface area contributed by atoms with Gasteiger partial charge in [0.2, 0.25) is 0 Å². The van der Waals surface area contributed by atoms with Gasteiger partial charge in [0.1, 0.15) is 11.4 Å². The normalized spacial score (nSPS) is 11.1. The lowest BCUT2D eigenvalue weighted by Crippen LogP contribution is -2.19. The Hall–Kier alpha value is -4.39. The second-order valence-electron chi connectivity index (χ2n) is 8.55. The summed E-state index contributed by atoms with van der Waals surface area (Å²) in [5.41, 5.74) is 6.82. The molecular weight excluding hydrogens is 521 g/mol. The highest BCUT2D eigenvalue weighted by molar-refractivity contribution is 6.39. The van der Waals surface area contributed by atoms with Crippen LogP contribution in [-0.4, -0.2) is 23.1 Å². The number of hydrazone groups is 1. The number of nitrogens with zero attached hydrogens (tertiary/aromatic N) is 1. The van der Waals surface area contributed by atoms with Crippen LogP contribution in [0.2, 0.25) is 10.0 Å². The number of amides is 1. The van der Waals surface area contributed by atoms with Crippen molar-refractivity contribution in [2.45, 2.75) is 6.92 Å². The molecule has 1 amide bonds. The standard InChI is InChI=1S/C30H21Cl2N3O3/c1-18-8-7-12-20(14-18)30(37)38-25-13-6-5-11-21(25)17-33-35-29(36)28-26(19-9-3-2-4-10-19)23-15-22(31)16-24(32)27(23)34-28/h2-17,34H,1H3,(H,35,36). The number of fused-ring (bicyclic) bond motifs is 1. The van der Waals surface area contributed by atoms with Crippen molar-refractivity contribution in [1.82, 2.24) is 10.4 Å². The summed E-state index contributed by atoms with van der Waals surface area (Å²) in [4.78, 5) is 29.0. The molecule has 0 saturated carbocycles. The number of para-hydroxylation sites is 1. The number of H-pyrrole nitrogens is 1. The van der Waals surface area contributed by atoms with E-state index in [2.05, 4.69) is 15.5 Å². The fraction of sp³-hybridized carbons (Fsp3) is 0.0333. The Kier molecular flexibility index (Phi) is 7.26. The zero-order valence-electron chi connectivity index (χ0n) is 20.2. The number of aromatic amines is 1. The number of hydrogen-bond acceptors (Lipinski definition) is 4. The number of rotatable bonds is 6. The summed E-state index contributed by atoms with van der Waals surface area (Å²) in [6.45, 7) is 1.90. The molecule has 5 rings (SSSR count). The van der Waals surface area contributed by atoms with Crippen LogP contribution < -0.4 is 10.2 Å². The van der Waals surface area contributed by atoms with Crippen molar-refractivity contribution in [3.05, 3.63) is 123 Å². The Bertz CT molecular complexity index is 1690. The Morgan fingerprint density at radius 2 is 1.68 bits per heavy atom. The Labute approximate surface area is 228 Å². The van der Waals surface area contributed by atoms with Gasteiger partial charge in [-0.1, -0.05) is 83.4 Å². The number of carbonyl (C=O) groups excluding carboxylic acids is 2. The second kappa shape index (κ2) is 10.9. The summed E-state index contributed by atoms with van der Waals surface area (Å²) < 4.78 is 5.59. The third-order valence-corrected chi connectivity index (χ3v) is 6.38. The minimum Gasteiger partial charge on any atom is -0.422 e. The van der Waals surface area contributed by atoms with Gasteiger partial charge in [-0.25, -0.2) is 10.2 Å². The van der Waals surface area contributed by atoms with Crippen LogP contribution in [-0.2, 0) is 0 Å². The minimum absolute atomic E-state index is 0.284. The molecule has 38 heavy (non-hydrogen) atoms. The predicted octanol–water partition coefficient (Wildman–Crippen LogP) is 7.43. The van der Waals surface area contributed by atoms with E-state index in [-0.39, 0.29) is 5.69 Å². The van der Waals surface area contributed by atoms with Gasteiger partial charge in [-0.2, -0.15) is 5.10 Å². The second-order valence-corrected chi connectivity index (χ2v) is 9.39. The fourth-order valence-corrected chi connectivity index (χ4v) is 4.66. The fourth-order valence-electron chi connectivity index (χ4n) is 4.12. The third kappa shape index (κ3) is 5.32. The molecule has 0 fully saturated rings. The summed E-state index contributed by atoms with van der Waals surface area (Å²) in [6, 6.07) is 26.9. The van der Waals surface area contributed by atoms with E-state index in [0.717, 1.165) is 16.5 Å². The number of aryl methyl sites for hydroxylation is 1. The summed E-state index contributed by atoms with van der Waals surface area (Å²) in [5.74, 6) is -0.647. The van der Waals surface area contributed by atoms with Crippen molar-refractivity contribution >= 4 is 52.2 Å². The van der Waals surface area contributed by atoms with Crippen LogP contribution >= 0.6 is 23.2 Å². The molecular formula is C30H21Cl2N3O3. The minimum atomic E-state index is -0.486. The van der Waals surface area contributed by atoms with Gasteiger partial charge < -0.3 is 9.72 Å². The number of benzene rings is 4. The third-order valence-electron chi connectivity index (χ3n) is 5.86. The van der Waals surface area contributed by atoms with E-state index in [1.165, 1.54) is 6.21 Å². The summed E-state index contributed by atoms with van der Waals surface area (Å²) >= 11 is 12.7. The van der Waals surface area contributed by atoms with Crippen molar-refractivity contribution < 1.29 is 14.3 Å². The van der Waals surface area contributed by atoms with Crippen LogP contribution in [0.3, 0.4) is 0 Å². The zero-order valence-corrected chi connectivity index (χ0v) is 21.7. The molecule has 188 valence electrons. The molecule has 0 atom stereocenters. The smallest absolute Gasteiger partial charge is 0.343 e. The van der Waals surface area contributed by atoms with E-state index < -0.39 is 11.9 Å². The van der Waals surface area contributed by atoms with Crippen molar-refractivity contribution in [3.63, 3.8) is 0 Å². The number of carbonyl (C=O) groups is 2. The van der Waals surface area contributed by atoms with Crippen LogP contribution in [0, 0.1) is 6.92 Å². The Morgan fingerprint density at radius 3 is 2.47 bits per heavy atom. The monoisotopic (exact) mass is 541 g/mol. The molecule has 4 aromatic carbocycles. The zero-order chi connectivity index (χ0) is 26.6. The maximum absolute atomic E-state index is 13.3. The molecule has 0 aliphatic rings. The number of hydrogen-bond donors (Lipinski definition) is 2. The lowest BCUT2D eigenvalue weighted by atomic mass is 10.0. The van der Waals surface area contributed by atoms with Crippen LogP contribution in [0.15, 0.2) is 96.1 Å². The van der Waals surface area contributed by atoms with Gasteiger partial charge in [0.05, 0.1) is 22.3 Å². The first-order valence-corrected chi connectivity index (χ1v) is 12.4. The van der Waals surface area contributed by atoms with Crippen LogP contribution in [0.4, 0.5) is 0 Å². The van der Waals surface area contributed by atoms with Gasteiger partial charge in [-0.15, -0.1) is 0 Å². The van der Waals surface area contributed by atoms with E-state index in [9.17, 15) is 9.59 Å². The van der Waals surface area contributed by atoms with Crippen molar-refractivity contribution in [2.24, 2.45) is 5.10 Å². The average molecular weight is 542 g/mol. The predicted molar refractivity (Wildman–Crippen MR) is 151 cm³/mol. The summed E-state index contributed by atoms with van der Waals surface area (Å²) in [6.07, 6.45) is 1.42. The molecule has 6 nitrogen and oxygen atoms in total. The summed E-state index contributed by atoms with van der Waals surface area (Å²) in [5, 5.41) is 5.70. The van der Waals surface area contributed by atoms with Gasteiger partial charge in [-0.05, 0) is 48.9 Å². The maximum atomic E-state index is 13.3. The highest BCUT2D eigenvalue weighted by Crippen LogP contribution is 2.37. The Morgan fingerprint density at radius 1 is 0.921 bits per heavy atom. The highest BCUT2D eigenvalue weighted by Gasteiger charge is 2.21. The van der Waals surface area contributed by atoms with E-state index in [4.69, 9.17) is 27.9 Å².